The number of amides is 1. The lowest BCUT2D eigenvalue weighted by molar-refractivity contribution is -0.121. The molecule has 0 aromatic carbocycles. The highest BCUT2D eigenvalue weighted by atomic mass is 127. The molecule has 2 N–H and O–H groups in total. The first-order valence-corrected chi connectivity index (χ1v) is 9.80. The number of halogens is 1. The average Bonchev–Trinajstić information content (AvgIpc) is 2.58. The summed E-state index contributed by atoms with van der Waals surface area (Å²) in [5.41, 5.74) is 0. The Morgan fingerprint density at radius 3 is 2.23 bits per heavy atom. The summed E-state index contributed by atoms with van der Waals surface area (Å²) >= 11 is 0. The monoisotopic (exact) mass is 481 g/mol. The van der Waals surface area contributed by atoms with Gasteiger partial charge in [-0.1, -0.05) is 0 Å². The van der Waals surface area contributed by atoms with Gasteiger partial charge in [0.2, 0.25) is 5.91 Å². The van der Waals surface area contributed by atoms with Crippen LogP contribution < -0.4 is 10.6 Å². The Balaban J connectivity index is 0.00000625. The van der Waals surface area contributed by atoms with Crippen LogP contribution in [0.4, 0.5) is 0 Å². The van der Waals surface area contributed by atoms with E-state index in [0.717, 1.165) is 51.4 Å². The summed E-state index contributed by atoms with van der Waals surface area (Å²) in [6, 6.07) is 1.16. The molecule has 1 saturated heterocycles. The van der Waals surface area contributed by atoms with Crippen molar-refractivity contribution >= 4 is 35.8 Å². The van der Waals surface area contributed by atoms with Crippen LogP contribution in [0.25, 0.3) is 0 Å². The van der Waals surface area contributed by atoms with Gasteiger partial charge in [-0.3, -0.25) is 14.7 Å². The first-order valence-electron chi connectivity index (χ1n) is 9.80. The largest absolute Gasteiger partial charge is 0.359 e. The molecule has 0 unspecified atom stereocenters. The van der Waals surface area contributed by atoms with Gasteiger partial charge < -0.3 is 15.5 Å². The van der Waals surface area contributed by atoms with Crippen LogP contribution in [0.15, 0.2) is 4.99 Å². The second kappa shape index (κ2) is 13.6. The maximum atomic E-state index is 11.5. The van der Waals surface area contributed by atoms with Crippen molar-refractivity contribution in [3.05, 3.63) is 0 Å². The molecule has 1 aliphatic rings. The maximum absolute atomic E-state index is 11.5. The summed E-state index contributed by atoms with van der Waals surface area (Å²) in [6.45, 7) is 13.0. The van der Waals surface area contributed by atoms with E-state index in [4.69, 9.17) is 0 Å². The van der Waals surface area contributed by atoms with Gasteiger partial charge in [-0.05, 0) is 52.9 Å². The molecule has 26 heavy (non-hydrogen) atoms. The molecule has 154 valence electrons. The van der Waals surface area contributed by atoms with E-state index >= 15 is 0 Å². The minimum Gasteiger partial charge on any atom is -0.359 e. The highest BCUT2D eigenvalue weighted by Crippen LogP contribution is 2.20. The van der Waals surface area contributed by atoms with Crippen LogP contribution in [0.1, 0.15) is 53.4 Å². The molecule has 0 spiro atoms. The number of hydrogen-bond donors (Lipinski definition) is 2. The van der Waals surface area contributed by atoms with Crippen molar-refractivity contribution < 1.29 is 4.79 Å². The molecule has 6 nitrogen and oxygen atoms in total. The molecule has 0 aromatic heterocycles. The number of carbonyl (C=O) groups is 1. The van der Waals surface area contributed by atoms with Crippen molar-refractivity contribution in [1.29, 1.82) is 0 Å². The van der Waals surface area contributed by atoms with Gasteiger partial charge in [0.15, 0.2) is 5.96 Å². The zero-order valence-electron chi connectivity index (χ0n) is 17.5. The molecule has 0 aromatic rings. The quantitative estimate of drug-likeness (QED) is 0.242. The number of carbonyl (C=O) groups excluding carboxylic acids is 1. The fourth-order valence-electron chi connectivity index (χ4n) is 3.62. The van der Waals surface area contributed by atoms with Crippen LogP contribution in [-0.2, 0) is 4.79 Å². The van der Waals surface area contributed by atoms with E-state index in [2.05, 4.69) is 53.1 Å². The third-order valence-corrected chi connectivity index (χ3v) is 5.08. The second-order valence-corrected chi connectivity index (χ2v) is 7.56. The van der Waals surface area contributed by atoms with E-state index in [9.17, 15) is 4.79 Å². The first-order chi connectivity index (χ1) is 11.9. The van der Waals surface area contributed by atoms with Crippen LogP contribution in [0.2, 0.25) is 0 Å². The van der Waals surface area contributed by atoms with Crippen molar-refractivity contribution in [1.82, 2.24) is 20.4 Å². The van der Waals surface area contributed by atoms with Gasteiger partial charge >= 0.3 is 0 Å². The molecule has 0 aliphatic carbocycles. The molecule has 0 bridgehead atoms. The summed E-state index contributed by atoms with van der Waals surface area (Å²) in [7, 11) is 3.57. The van der Waals surface area contributed by atoms with Gasteiger partial charge in [-0.2, -0.15) is 0 Å². The molecule has 1 amide bonds. The maximum Gasteiger partial charge on any atom is 0.220 e. The second-order valence-electron chi connectivity index (χ2n) is 7.56. The number of nitrogens with zero attached hydrogens (tertiary/aromatic N) is 3. The fraction of sp³-hybridized carbons (Fsp3) is 0.895. The Hall–Kier alpha value is -0.570. The zero-order valence-corrected chi connectivity index (χ0v) is 19.9. The lowest BCUT2D eigenvalue weighted by Crippen LogP contribution is -2.47. The third-order valence-electron chi connectivity index (χ3n) is 5.08. The fourth-order valence-corrected chi connectivity index (χ4v) is 3.62. The van der Waals surface area contributed by atoms with Crippen molar-refractivity contribution in [2.45, 2.75) is 65.5 Å². The van der Waals surface area contributed by atoms with E-state index < -0.39 is 0 Å². The van der Waals surface area contributed by atoms with Crippen LogP contribution in [0, 0.1) is 5.92 Å². The van der Waals surface area contributed by atoms with Gasteiger partial charge in [-0.15, -0.1) is 24.0 Å². The van der Waals surface area contributed by atoms with E-state index in [1.807, 2.05) is 7.05 Å². The Labute approximate surface area is 177 Å². The molecular weight excluding hydrogens is 441 g/mol. The Bertz CT molecular complexity index is 412. The van der Waals surface area contributed by atoms with Crippen LogP contribution in [-0.4, -0.2) is 74.0 Å². The lowest BCUT2D eigenvalue weighted by atomic mass is 9.93. The molecule has 1 fully saturated rings. The van der Waals surface area contributed by atoms with E-state index in [1.54, 1.807) is 7.05 Å². The predicted octanol–water partition coefficient (Wildman–Crippen LogP) is 2.54. The number of likely N-dealkylation sites (tertiary alicyclic amines) is 1. The number of rotatable bonds is 8. The van der Waals surface area contributed by atoms with E-state index in [-0.39, 0.29) is 29.9 Å². The number of piperidine rings is 1. The van der Waals surface area contributed by atoms with Crippen molar-refractivity contribution in [3.8, 4) is 0 Å². The number of guanidine groups is 1. The van der Waals surface area contributed by atoms with E-state index in [1.165, 1.54) is 0 Å². The molecule has 1 heterocycles. The normalized spacial score (nSPS) is 16.2. The Kier molecular flexibility index (Phi) is 13.3. The van der Waals surface area contributed by atoms with Gasteiger partial charge in [0.25, 0.3) is 0 Å². The average molecular weight is 481 g/mol. The molecule has 1 aliphatic heterocycles. The summed E-state index contributed by atoms with van der Waals surface area (Å²) in [5.74, 6) is 1.65. The van der Waals surface area contributed by atoms with Crippen molar-refractivity contribution in [2.75, 3.05) is 40.3 Å². The van der Waals surface area contributed by atoms with Crippen LogP contribution in [0.3, 0.4) is 0 Å². The first kappa shape index (κ1) is 25.4. The summed E-state index contributed by atoms with van der Waals surface area (Å²) in [4.78, 5) is 20.8. The number of hydrogen-bond acceptors (Lipinski definition) is 3. The SMILES string of the molecule is CN=C(NCCCN(C(C)C)C(C)C)N1CCC(CC(=O)NC)CC1.I. The molecule has 7 heteroatoms. The number of nitrogens with one attached hydrogen (secondary N) is 2. The topological polar surface area (TPSA) is 60.0 Å². The van der Waals surface area contributed by atoms with Crippen molar-refractivity contribution in [2.24, 2.45) is 10.9 Å². The summed E-state index contributed by atoms with van der Waals surface area (Å²) in [6.07, 6.45) is 3.88. The lowest BCUT2D eigenvalue weighted by Gasteiger charge is -2.34. The van der Waals surface area contributed by atoms with Crippen molar-refractivity contribution in [3.63, 3.8) is 0 Å². The van der Waals surface area contributed by atoms with Gasteiger partial charge in [-0.25, -0.2) is 0 Å². The minimum absolute atomic E-state index is 0. The Morgan fingerprint density at radius 1 is 1.19 bits per heavy atom. The molecule has 0 atom stereocenters. The molecule has 1 rings (SSSR count). The van der Waals surface area contributed by atoms with Gasteiger partial charge in [0, 0.05) is 58.8 Å². The predicted molar refractivity (Wildman–Crippen MR) is 121 cm³/mol. The molecular formula is C19H40IN5O. The Morgan fingerprint density at radius 2 is 1.77 bits per heavy atom. The highest BCUT2D eigenvalue weighted by molar-refractivity contribution is 14.0. The summed E-state index contributed by atoms with van der Waals surface area (Å²) in [5, 5.41) is 6.23. The smallest absolute Gasteiger partial charge is 0.220 e. The standard InChI is InChI=1S/C19H39N5O.HI/c1-15(2)24(16(3)4)11-7-10-22-19(21-6)23-12-8-17(9-13-23)14-18(25)20-5;/h15-17H,7-14H2,1-6H3,(H,20,25)(H,21,22);1H. The molecule has 0 radical (unpaired) electrons. The van der Waals surface area contributed by atoms with Crippen LogP contribution >= 0.6 is 24.0 Å². The summed E-state index contributed by atoms with van der Waals surface area (Å²) < 4.78 is 0. The highest BCUT2D eigenvalue weighted by Gasteiger charge is 2.23. The minimum atomic E-state index is 0. The van der Waals surface area contributed by atoms with E-state index in [0.29, 0.717) is 24.4 Å². The molecule has 0 saturated carbocycles. The van der Waals surface area contributed by atoms with Crippen LogP contribution in [0.5, 0.6) is 0 Å². The van der Waals surface area contributed by atoms with Gasteiger partial charge in [0.1, 0.15) is 0 Å². The third kappa shape index (κ3) is 8.88. The van der Waals surface area contributed by atoms with Gasteiger partial charge in [0.05, 0.1) is 0 Å². The number of aliphatic imine (C=N–C) groups is 1. The zero-order chi connectivity index (χ0) is 18.8.